The summed E-state index contributed by atoms with van der Waals surface area (Å²) in [7, 11) is 1.33. The van der Waals surface area contributed by atoms with Gasteiger partial charge in [-0.25, -0.2) is 4.79 Å². The van der Waals surface area contributed by atoms with Crippen LogP contribution < -0.4 is 10.6 Å². The summed E-state index contributed by atoms with van der Waals surface area (Å²) in [6.45, 7) is 3.13. The Morgan fingerprint density at radius 1 is 1.37 bits per heavy atom. The molecular formula is C12H21N3O4. The summed E-state index contributed by atoms with van der Waals surface area (Å²) in [6.07, 6.45) is 2.33. The van der Waals surface area contributed by atoms with E-state index in [0.717, 1.165) is 12.8 Å². The van der Waals surface area contributed by atoms with Crippen molar-refractivity contribution in [3.05, 3.63) is 0 Å². The molecule has 1 heterocycles. The molecule has 0 aromatic rings. The largest absolute Gasteiger partial charge is 0.468 e. The first-order valence-corrected chi connectivity index (χ1v) is 6.48. The van der Waals surface area contributed by atoms with Crippen LogP contribution in [0.3, 0.4) is 0 Å². The lowest BCUT2D eigenvalue weighted by atomic mass is 10.2. The Labute approximate surface area is 112 Å². The molecule has 0 aliphatic carbocycles. The van der Waals surface area contributed by atoms with Crippen molar-refractivity contribution in [2.75, 3.05) is 26.7 Å². The van der Waals surface area contributed by atoms with Gasteiger partial charge in [0.05, 0.1) is 13.7 Å². The molecule has 7 nitrogen and oxygen atoms in total. The number of hydrogen-bond acceptors (Lipinski definition) is 5. The predicted octanol–water partition coefficient (Wildman–Crippen LogP) is -0.140. The van der Waals surface area contributed by atoms with Crippen LogP contribution in [0.15, 0.2) is 0 Å². The third kappa shape index (κ3) is 4.86. The highest BCUT2D eigenvalue weighted by Gasteiger charge is 2.32. The third-order valence-electron chi connectivity index (χ3n) is 2.97. The fourth-order valence-corrected chi connectivity index (χ4v) is 2.05. The van der Waals surface area contributed by atoms with Crippen molar-refractivity contribution in [1.82, 2.24) is 15.5 Å². The van der Waals surface area contributed by atoms with Crippen LogP contribution in [-0.4, -0.2) is 55.6 Å². The number of ether oxygens (including phenoxy) is 1. The number of nitrogens with one attached hydrogen (secondary N) is 2. The van der Waals surface area contributed by atoms with Gasteiger partial charge in [0.2, 0.25) is 5.91 Å². The zero-order valence-corrected chi connectivity index (χ0v) is 11.4. The first-order chi connectivity index (χ1) is 9.08. The average molecular weight is 271 g/mol. The van der Waals surface area contributed by atoms with E-state index in [9.17, 15) is 14.4 Å². The van der Waals surface area contributed by atoms with Gasteiger partial charge in [-0.2, -0.15) is 0 Å². The number of esters is 1. The summed E-state index contributed by atoms with van der Waals surface area (Å²) < 4.78 is 4.69. The fourth-order valence-electron chi connectivity index (χ4n) is 2.05. The summed E-state index contributed by atoms with van der Waals surface area (Å²) in [4.78, 5) is 36.2. The van der Waals surface area contributed by atoms with Crippen molar-refractivity contribution in [2.24, 2.45) is 0 Å². The molecule has 0 radical (unpaired) electrons. The molecule has 0 spiro atoms. The lowest BCUT2D eigenvalue weighted by molar-refractivity contribution is -0.146. The molecular weight excluding hydrogens is 250 g/mol. The van der Waals surface area contributed by atoms with Gasteiger partial charge in [0.15, 0.2) is 0 Å². The molecule has 0 aromatic carbocycles. The standard InChI is InChI=1S/C12H21N3O4/c1-3-6-13-12(18)14-10(16)8-15-7-4-5-9(15)11(17)19-2/h9H,3-8H2,1-2H3,(H2,13,14,16,18). The van der Waals surface area contributed by atoms with E-state index >= 15 is 0 Å². The maximum absolute atomic E-state index is 11.7. The van der Waals surface area contributed by atoms with Gasteiger partial charge in [-0.05, 0) is 25.8 Å². The normalized spacial score (nSPS) is 18.9. The molecule has 1 unspecified atom stereocenters. The van der Waals surface area contributed by atoms with E-state index in [-0.39, 0.29) is 18.6 Å². The maximum Gasteiger partial charge on any atom is 0.323 e. The van der Waals surface area contributed by atoms with Crippen LogP contribution in [-0.2, 0) is 14.3 Å². The van der Waals surface area contributed by atoms with Crippen LogP contribution in [0.4, 0.5) is 4.79 Å². The molecule has 1 atom stereocenters. The van der Waals surface area contributed by atoms with Crippen molar-refractivity contribution >= 4 is 17.9 Å². The van der Waals surface area contributed by atoms with E-state index in [1.807, 2.05) is 6.92 Å². The minimum absolute atomic E-state index is 0.0271. The monoisotopic (exact) mass is 271 g/mol. The second-order valence-corrected chi connectivity index (χ2v) is 4.46. The van der Waals surface area contributed by atoms with Gasteiger partial charge >= 0.3 is 12.0 Å². The van der Waals surface area contributed by atoms with Crippen molar-refractivity contribution in [2.45, 2.75) is 32.2 Å². The SMILES string of the molecule is CCCNC(=O)NC(=O)CN1CCCC1C(=O)OC. The molecule has 0 bridgehead atoms. The minimum atomic E-state index is -0.499. The highest BCUT2D eigenvalue weighted by molar-refractivity contribution is 5.95. The van der Waals surface area contributed by atoms with Crippen molar-refractivity contribution in [1.29, 1.82) is 0 Å². The van der Waals surface area contributed by atoms with Crippen molar-refractivity contribution in [3.63, 3.8) is 0 Å². The number of hydrogen-bond donors (Lipinski definition) is 2. The lowest BCUT2D eigenvalue weighted by Crippen LogP contribution is -2.47. The Hall–Kier alpha value is -1.63. The number of imide groups is 1. The number of urea groups is 1. The van der Waals surface area contributed by atoms with E-state index in [1.54, 1.807) is 4.90 Å². The van der Waals surface area contributed by atoms with Gasteiger partial charge in [0.25, 0.3) is 0 Å². The van der Waals surface area contributed by atoms with Gasteiger partial charge in [-0.3, -0.25) is 19.8 Å². The summed E-state index contributed by atoms with van der Waals surface area (Å²) in [5, 5.41) is 4.79. The molecule has 1 rings (SSSR count). The molecule has 2 N–H and O–H groups in total. The number of carbonyl (C=O) groups is 3. The van der Waals surface area contributed by atoms with Crippen LogP contribution >= 0.6 is 0 Å². The van der Waals surface area contributed by atoms with E-state index in [0.29, 0.717) is 19.5 Å². The summed E-state index contributed by atoms with van der Waals surface area (Å²) in [6, 6.07) is -0.880. The van der Waals surface area contributed by atoms with E-state index in [4.69, 9.17) is 0 Å². The summed E-state index contributed by atoms with van der Waals surface area (Å²) in [5.74, 6) is -0.745. The van der Waals surface area contributed by atoms with Crippen LogP contribution in [0.25, 0.3) is 0 Å². The molecule has 3 amide bonds. The number of methoxy groups -OCH3 is 1. The molecule has 1 aliphatic rings. The molecule has 1 fully saturated rings. The van der Waals surface area contributed by atoms with E-state index in [2.05, 4.69) is 15.4 Å². The fraction of sp³-hybridized carbons (Fsp3) is 0.750. The van der Waals surface area contributed by atoms with Crippen LogP contribution in [0, 0.1) is 0 Å². The Balaban J connectivity index is 2.39. The first kappa shape index (κ1) is 15.4. The van der Waals surface area contributed by atoms with Gasteiger partial charge in [-0.1, -0.05) is 6.92 Å². The number of likely N-dealkylation sites (tertiary alicyclic amines) is 1. The number of carbonyl (C=O) groups excluding carboxylic acids is 3. The summed E-state index contributed by atoms with van der Waals surface area (Å²) >= 11 is 0. The molecule has 1 aliphatic heterocycles. The maximum atomic E-state index is 11.7. The molecule has 0 saturated carbocycles. The quantitative estimate of drug-likeness (QED) is 0.680. The number of rotatable bonds is 5. The average Bonchev–Trinajstić information content (AvgIpc) is 2.83. The Bertz CT molecular complexity index is 346. The molecule has 7 heteroatoms. The summed E-state index contributed by atoms with van der Waals surface area (Å²) in [5.41, 5.74) is 0. The highest BCUT2D eigenvalue weighted by atomic mass is 16.5. The predicted molar refractivity (Wildman–Crippen MR) is 68.4 cm³/mol. The number of amides is 3. The van der Waals surface area contributed by atoms with Gasteiger partial charge in [0, 0.05) is 6.54 Å². The minimum Gasteiger partial charge on any atom is -0.468 e. The van der Waals surface area contributed by atoms with Gasteiger partial charge in [-0.15, -0.1) is 0 Å². The topological polar surface area (TPSA) is 87.7 Å². The molecule has 19 heavy (non-hydrogen) atoms. The zero-order chi connectivity index (χ0) is 14.3. The third-order valence-corrected chi connectivity index (χ3v) is 2.97. The lowest BCUT2D eigenvalue weighted by Gasteiger charge is -2.21. The van der Waals surface area contributed by atoms with Crippen LogP contribution in [0.1, 0.15) is 26.2 Å². The Morgan fingerprint density at radius 2 is 2.11 bits per heavy atom. The zero-order valence-electron chi connectivity index (χ0n) is 11.4. The Kier molecular flexibility index (Phi) is 6.27. The Morgan fingerprint density at radius 3 is 2.74 bits per heavy atom. The van der Waals surface area contributed by atoms with Crippen molar-refractivity contribution < 1.29 is 19.1 Å². The van der Waals surface area contributed by atoms with Crippen LogP contribution in [0.2, 0.25) is 0 Å². The van der Waals surface area contributed by atoms with Crippen molar-refractivity contribution in [3.8, 4) is 0 Å². The molecule has 1 saturated heterocycles. The molecule has 0 aromatic heterocycles. The van der Waals surface area contributed by atoms with Gasteiger partial charge < -0.3 is 10.1 Å². The smallest absolute Gasteiger partial charge is 0.323 e. The van der Waals surface area contributed by atoms with Gasteiger partial charge in [0.1, 0.15) is 6.04 Å². The first-order valence-electron chi connectivity index (χ1n) is 6.48. The molecule has 108 valence electrons. The second kappa shape index (κ2) is 7.73. The highest BCUT2D eigenvalue weighted by Crippen LogP contribution is 2.17. The number of nitrogens with zero attached hydrogens (tertiary/aromatic N) is 1. The van der Waals surface area contributed by atoms with E-state index < -0.39 is 11.9 Å². The van der Waals surface area contributed by atoms with Crippen LogP contribution in [0.5, 0.6) is 0 Å². The second-order valence-electron chi connectivity index (χ2n) is 4.46. The van der Waals surface area contributed by atoms with E-state index in [1.165, 1.54) is 7.11 Å².